The highest BCUT2D eigenvalue weighted by Gasteiger charge is 2.31. The second-order valence-electron chi connectivity index (χ2n) is 7.72. The van der Waals surface area contributed by atoms with E-state index in [1.165, 1.54) is 6.42 Å². The zero-order valence-corrected chi connectivity index (χ0v) is 15.2. The van der Waals surface area contributed by atoms with Crippen LogP contribution in [0.3, 0.4) is 0 Å². The number of pyridine rings is 1. The van der Waals surface area contributed by atoms with Gasteiger partial charge in [0.15, 0.2) is 0 Å². The standard InChI is InChI=1S/C19H29N5O/c1-15-3-8-23(13-15)18-12-16(2-5-21-18)19(25)24-9-4-17(14-24)22-10-6-20-7-11-22/h2,5,12,15,17,20H,3-4,6-11,13-14H2,1H3. The molecule has 4 rings (SSSR count). The van der Waals surface area contributed by atoms with Crippen molar-refractivity contribution in [3.8, 4) is 0 Å². The summed E-state index contributed by atoms with van der Waals surface area (Å²) in [6.45, 7) is 10.4. The van der Waals surface area contributed by atoms with Gasteiger partial charge >= 0.3 is 0 Å². The molecule has 3 aliphatic rings. The maximum absolute atomic E-state index is 13.0. The first-order valence-electron chi connectivity index (χ1n) is 9.66. The number of carbonyl (C=O) groups excluding carboxylic acids is 1. The van der Waals surface area contributed by atoms with E-state index in [2.05, 4.69) is 27.0 Å². The van der Waals surface area contributed by atoms with E-state index in [0.717, 1.165) is 70.2 Å². The molecule has 136 valence electrons. The third-order valence-corrected chi connectivity index (χ3v) is 5.86. The number of carbonyl (C=O) groups is 1. The Labute approximate surface area is 150 Å². The molecule has 0 saturated carbocycles. The minimum atomic E-state index is 0.161. The van der Waals surface area contributed by atoms with Gasteiger partial charge in [-0.2, -0.15) is 0 Å². The van der Waals surface area contributed by atoms with Crippen molar-refractivity contribution in [3.63, 3.8) is 0 Å². The average Bonchev–Trinajstić information content (AvgIpc) is 3.31. The van der Waals surface area contributed by atoms with Gasteiger partial charge in [-0.25, -0.2) is 4.98 Å². The summed E-state index contributed by atoms with van der Waals surface area (Å²) in [7, 11) is 0. The molecule has 1 aromatic heterocycles. The molecule has 1 aromatic rings. The first-order chi connectivity index (χ1) is 12.2. The number of hydrogen-bond donors (Lipinski definition) is 1. The zero-order valence-electron chi connectivity index (χ0n) is 15.2. The molecule has 3 aliphatic heterocycles. The molecule has 0 radical (unpaired) electrons. The molecule has 6 heteroatoms. The van der Waals surface area contributed by atoms with Crippen molar-refractivity contribution < 1.29 is 4.79 Å². The highest BCUT2D eigenvalue weighted by atomic mass is 16.2. The van der Waals surface area contributed by atoms with Crippen LogP contribution in [0.5, 0.6) is 0 Å². The van der Waals surface area contributed by atoms with E-state index < -0.39 is 0 Å². The second-order valence-corrected chi connectivity index (χ2v) is 7.72. The lowest BCUT2D eigenvalue weighted by atomic mass is 10.2. The van der Waals surface area contributed by atoms with Gasteiger partial charge in [0.05, 0.1) is 0 Å². The molecule has 2 unspecified atom stereocenters. The maximum Gasteiger partial charge on any atom is 0.254 e. The predicted molar refractivity (Wildman–Crippen MR) is 99.0 cm³/mol. The van der Waals surface area contributed by atoms with Crippen LogP contribution in [0.1, 0.15) is 30.1 Å². The van der Waals surface area contributed by atoms with E-state index in [4.69, 9.17) is 0 Å². The van der Waals surface area contributed by atoms with E-state index in [-0.39, 0.29) is 5.91 Å². The van der Waals surface area contributed by atoms with Gasteiger partial charge in [0, 0.05) is 70.2 Å². The SMILES string of the molecule is CC1CCN(c2cc(C(=O)N3CCC(N4CCNCC4)C3)ccn2)C1. The monoisotopic (exact) mass is 343 g/mol. The Morgan fingerprint density at radius 1 is 1.16 bits per heavy atom. The van der Waals surface area contributed by atoms with Crippen molar-refractivity contribution in [2.24, 2.45) is 5.92 Å². The van der Waals surface area contributed by atoms with Crippen LogP contribution in [0.2, 0.25) is 0 Å². The van der Waals surface area contributed by atoms with Gasteiger partial charge in [0.25, 0.3) is 5.91 Å². The van der Waals surface area contributed by atoms with Crippen LogP contribution in [0.4, 0.5) is 5.82 Å². The lowest BCUT2D eigenvalue weighted by Crippen LogP contribution is -2.49. The molecular weight excluding hydrogens is 314 g/mol. The maximum atomic E-state index is 13.0. The van der Waals surface area contributed by atoms with Crippen LogP contribution in [0.25, 0.3) is 0 Å². The Balaban J connectivity index is 1.41. The Kier molecular flexibility index (Phi) is 4.90. The fraction of sp³-hybridized carbons (Fsp3) is 0.684. The summed E-state index contributed by atoms with van der Waals surface area (Å²) < 4.78 is 0. The number of nitrogens with one attached hydrogen (secondary N) is 1. The summed E-state index contributed by atoms with van der Waals surface area (Å²) in [6, 6.07) is 4.37. The third kappa shape index (κ3) is 3.65. The normalized spacial score (nSPS) is 27.9. The van der Waals surface area contributed by atoms with Crippen molar-refractivity contribution in [1.82, 2.24) is 20.1 Å². The van der Waals surface area contributed by atoms with Crippen molar-refractivity contribution in [3.05, 3.63) is 23.9 Å². The van der Waals surface area contributed by atoms with Gasteiger partial charge in [-0.3, -0.25) is 9.69 Å². The van der Waals surface area contributed by atoms with Crippen LogP contribution in [0, 0.1) is 5.92 Å². The fourth-order valence-electron chi connectivity index (χ4n) is 4.32. The van der Waals surface area contributed by atoms with Crippen molar-refractivity contribution in [2.45, 2.75) is 25.8 Å². The fourth-order valence-corrected chi connectivity index (χ4v) is 4.32. The molecule has 4 heterocycles. The van der Waals surface area contributed by atoms with E-state index >= 15 is 0 Å². The first-order valence-corrected chi connectivity index (χ1v) is 9.66. The molecule has 3 fully saturated rings. The number of anilines is 1. The number of amides is 1. The highest BCUT2D eigenvalue weighted by Crippen LogP contribution is 2.24. The topological polar surface area (TPSA) is 51.7 Å². The van der Waals surface area contributed by atoms with E-state index in [1.54, 1.807) is 6.20 Å². The summed E-state index contributed by atoms with van der Waals surface area (Å²) in [5.41, 5.74) is 0.783. The van der Waals surface area contributed by atoms with Crippen molar-refractivity contribution >= 4 is 11.7 Å². The van der Waals surface area contributed by atoms with Crippen LogP contribution >= 0.6 is 0 Å². The summed E-state index contributed by atoms with van der Waals surface area (Å²) in [6.07, 6.45) is 4.08. The molecule has 2 atom stereocenters. The van der Waals surface area contributed by atoms with Gasteiger partial charge in [-0.1, -0.05) is 6.92 Å². The zero-order chi connectivity index (χ0) is 17.2. The Bertz CT molecular complexity index is 616. The number of nitrogens with zero attached hydrogens (tertiary/aromatic N) is 4. The summed E-state index contributed by atoms with van der Waals surface area (Å²) >= 11 is 0. The van der Waals surface area contributed by atoms with Gasteiger partial charge in [0.1, 0.15) is 5.82 Å². The van der Waals surface area contributed by atoms with E-state index in [9.17, 15) is 4.79 Å². The largest absolute Gasteiger partial charge is 0.356 e. The molecule has 0 aliphatic carbocycles. The van der Waals surface area contributed by atoms with E-state index in [0.29, 0.717) is 12.0 Å². The van der Waals surface area contributed by atoms with Gasteiger partial charge in [-0.15, -0.1) is 0 Å². The molecular formula is C19H29N5O. The van der Waals surface area contributed by atoms with Crippen LogP contribution in [0.15, 0.2) is 18.3 Å². The lowest BCUT2D eigenvalue weighted by molar-refractivity contribution is 0.0773. The van der Waals surface area contributed by atoms with Crippen molar-refractivity contribution in [2.75, 3.05) is 57.3 Å². The molecule has 1 N–H and O–H groups in total. The predicted octanol–water partition coefficient (Wildman–Crippen LogP) is 1.05. The van der Waals surface area contributed by atoms with Crippen LogP contribution in [-0.4, -0.2) is 79.1 Å². The molecule has 6 nitrogen and oxygen atoms in total. The number of hydrogen-bond acceptors (Lipinski definition) is 5. The Hall–Kier alpha value is -1.66. The molecule has 0 bridgehead atoms. The van der Waals surface area contributed by atoms with Gasteiger partial charge in [0.2, 0.25) is 0 Å². The molecule has 3 saturated heterocycles. The number of aromatic nitrogens is 1. The summed E-state index contributed by atoms with van der Waals surface area (Å²) in [5, 5.41) is 3.40. The molecule has 25 heavy (non-hydrogen) atoms. The third-order valence-electron chi connectivity index (χ3n) is 5.86. The number of piperazine rings is 1. The Morgan fingerprint density at radius 2 is 2.00 bits per heavy atom. The summed E-state index contributed by atoms with van der Waals surface area (Å²) in [4.78, 5) is 24.3. The lowest BCUT2D eigenvalue weighted by Gasteiger charge is -2.32. The molecule has 1 amide bonds. The highest BCUT2D eigenvalue weighted by molar-refractivity contribution is 5.95. The van der Waals surface area contributed by atoms with Crippen LogP contribution in [-0.2, 0) is 0 Å². The van der Waals surface area contributed by atoms with Gasteiger partial charge in [-0.05, 0) is 30.9 Å². The smallest absolute Gasteiger partial charge is 0.254 e. The molecule has 0 aromatic carbocycles. The summed E-state index contributed by atoms with van der Waals surface area (Å²) in [5.74, 6) is 1.82. The minimum Gasteiger partial charge on any atom is -0.356 e. The average molecular weight is 343 g/mol. The van der Waals surface area contributed by atoms with E-state index in [1.807, 2.05) is 17.0 Å². The number of likely N-dealkylation sites (tertiary alicyclic amines) is 1. The van der Waals surface area contributed by atoms with Crippen LogP contribution < -0.4 is 10.2 Å². The number of rotatable bonds is 3. The second kappa shape index (κ2) is 7.30. The molecule has 0 spiro atoms. The quantitative estimate of drug-likeness (QED) is 0.889. The van der Waals surface area contributed by atoms with Crippen molar-refractivity contribution in [1.29, 1.82) is 0 Å². The Morgan fingerprint density at radius 3 is 2.76 bits per heavy atom. The van der Waals surface area contributed by atoms with Gasteiger partial charge < -0.3 is 15.1 Å². The minimum absolute atomic E-state index is 0.161. The first kappa shape index (κ1) is 16.8.